The molecule has 0 aliphatic heterocycles. The molecule has 0 radical (unpaired) electrons. The molecule has 4 fully saturated rings. The number of hydrogen-bond acceptors (Lipinski definition) is 4. The van der Waals surface area contributed by atoms with Crippen molar-refractivity contribution in [2.45, 2.75) is 105 Å². The minimum atomic E-state index is -0.501. The Balaban J connectivity index is 1.63. The average Bonchev–Trinajstić information content (AvgIpc) is 2.79. The lowest BCUT2D eigenvalue weighted by Crippen LogP contribution is -2.67. The van der Waals surface area contributed by atoms with Crippen LogP contribution in [0.2, 0.25) is 0 Å². The number of fused-ring (bicyclic) bond motifs is 7. The molecule has 5 rings (SSSR count). The molecule has 36 heavy (non-hydrogen) atoms. The van der Waals surface area contributed by atoms with Gasteiger partial charge >= 0.3 is 5.97 Å². The van der Waals surface area contributed by atoms with Crippen molar-refractivity contribution < 1.29 is 19.1 Å². The number of rotatable bonds is 1. The number of hydrogen-bond donors (Lipinski definition) is 0. The molecule has 0 bridgehead atoms. The van der Waals surface area contributed by atoms with E-state index in [9.17, 15) is 14.4 Å². The number of Topliss-reactive ketones (excluding diaryl/α,β-unsaturated/α-hetero) is 1. The van der Waals surface area contributed by atoms with E-state index in [4.69, 9.17) is 4.74 Å². The molecule has 0 saturated heterocycles. The van der Waals surface area contributed by atoms with Crippen molar-refractivity contribution in [1.82, 2.24) is 0 Å². The molecule has 0 spiro atoms. The van der Waals surface area contributed by atoms with Gasteiger partial charge in [-0.1, -0.05) is 63.0 Å². The molecule has 0 N–H and O–H groups in total. The van der Waals surface area contributed by atoms with E-state index in [1.165, 1.54) is 12.7 Å². The number of methoxy groups -OCH3 is 1. The minimum absolute atomic E-state index is 0.0918. The lowest BCUT2D eigenvalue weighted by Gasteiger charge is -2.70. The van der Waals surface area contributed by atoms with Gasteiger partial charge in [-0.3, -0.25) is 14.4 Å². The highest BCUT2D eigenvalue weighted by atomic mass is 79.9. The highest BCUT2D eigenvalue weighted by molar-refractivity contribution is 9.10. The quantitative estimate of drug-likeness (QED) is 0.254. The van der Waals surface area contributed by atoms with Crippen molar-refractivity contribution in [3.05, 3.63) is 11.6 Å². The first-order chi connectivity index (χ1) is 16.5. The first-order valence-electron chi connectivity index (χ1n) is 14.0. The van der Waals surface area contributed by atoms with Crippen molar-refractivity contribution in [2.24, 2.45) is 50.2 Å². The molecule has 0 aromatic rings. The topological polar surface area (TPSA) is 60.4 Å². The van der Waals surface area contributed by atoms with Crippen molar-refractivity contribution in [2.75, 3.05) is 7.11 Å². The van der Waals surface area contributed by atoms with Gasteiger partial charge in [0.15, 0.2) is 11.6 Å². The Bertz CT molecular complexity index is 1060. The third kappa shape index (κ3) is 3.13. The molecule has 4 nitrogen and oxygen atoms in total. The second-order valence-electron chi connectivity index (χ2n) is 15.0. The number of ketones is 2. The summed E-state index contributed by atoms with van der Waals surface area (Å²) < 4.78 is 5.25. The molecule has 0 unspecified atom stereocenters. The van der Waals surface area contributed by atoms with Gasteiger partial charge in [-0.05, 0) is 97.9 Å². The van der Waals surface area contributed by atoms with Gasteiger partial charge in [0.2, 0.25) is 0 Å². The van der Waals surface area contributed by atoms with Gasteiger partial charge in [0.25, 0.3) is 0 Å². The number of alkyl halides is 1. The van der Waals surface area contributed by atoms with E-state index in [1.807, 2.05) is 6.08 Å². The molecule has 200 valence electrons. The molecular weight excluding hydrogens is 516 g/mol. The van der Waals surface area contributed by atoms with Crippen LogP contribution in [0.4, 0.5) is 0 Å². The first-order valence-corrected chi connectivity index (χ1v) is 14.9. The van der Waals surface area contributed by atoms with Crippen molar-refractivity contribution >= 4 is 33.5 Å². The Morgan fingerprint density at radius 1 is 0.944 bits per heavy atom. The fraction of sp³-hybridized carbons (Fsp3) is 0.839. The van der Waals surface area contributed by atoms with E-state index in [0.717, 1.165) is 51.4 Å². The summed E-state index contributed by atoms with van der Waals surface area (Å²) in [5, 5.41) is 0. The lowest BCUT2D eigenvalue weighted by molar-refractivity contribution is -0.187. The molecule has 0 heterocycles. The number of allylic oxidation sites excluding steroid dienone is 2. The van der Waals surface area contributed by atoms with Crippen LogP contribution in [0.3, 0.4) is 0 Å². The van der Waals surface area contributed by atoms with Crippen LogP contribution in [-0.4, -0.2) is 29.5 Å². The van der Waals surface area contributed by atoms with Crippen LogP contribution in [0.15, 0.2) is 11.6 Å². The summed E-state index contributed by atoms with van der Waals surface area (Å²) >= 11 is 3.73. The average molecular weight is 562 g/mol. The van der Waals surface area contributed by atoms with Gasteiger partial charge in [0.1, 0.15) is 0 Å². The fourth-order valence-electron chi connectivity index (χ4n) is 10.5. The highest BCUT2D eigenvalue weighted by Crippen LogP contribution is 2.75. The number of esters is 1. The Labute approximate surface area is 225 Å². The van der Waals surface area contributed by atoms with Gasteiger partial charge in [0.05, 0.1) is 17.4 Å². The van der Waals surface area contributed by atoms with Crippen LogP contribution in [0.25, 0.3) is 0 Å². The van der Waals surface area contributed by atoms with E-state index < -0.39 is 10.8 Å². The monoisotopic (exact) mass is 560 g/mol. The molecule has 5 heteroatoms. The molecule has 0 aromatic carbocycles. The Hall–Kier alpha value is -0.970. The summed E-state index contributed by atoms with van der Waals surface area (Å²) in [4.78, 5) is 40.2. The Morgan fingerprint density at radius 2 is 1.58 bits per heavy atom. The predicted molar refractivity (Wildman–Crippen MR) is 145 cm³/mol. The van der Waals surface area contributed by atoms with Crippen LogP contribution in [0.1, 0.15) is 99.8 Å². The van der Waals surface area contributed by atoms with Gasteiger partial charge in [-0.2, -0.15) is 0 Å². The lowest BCUT2D eigenvalue weighted by atomic mass is 9.33. The van der Waals surface area contributed by atoms with E-state index in [2.05, 4.69) is 64.4 Å². The van der Waals surface area contributed by atoms with E-state index >= 15 is 0 Å². The van der Waals surface area contributed by atoms with Gasteiger partial charge < -0.3 is 4.74 Å². The zero-order valence-electron chi connectivity index (χ0n) is 23.6. The second kappa shape index (κ2) is 7.79. The van der Waals surface area contributed by atoms with Crippen LogP contribution in [-0.2, 0) is 19.1 Å². The zero-order valence-corrected chi connectivity index (χ0v) is 25.1. The maximum atomic E-state index is 14.4. The molecule has 5 aliphatic carbocycles. The largest absolute Gasteiger partial charge is 0.469 e. The van der Waals surface area contributed by atoms with Crippen molar-refractivity contribution in [3.63, 3.8) is 0 Å². The SMILES string of the molecule is COC(=O)[C@@]1(C)CC[C@]2(C)CC[C@]3(C)C(=CC(=O)[C@@H]4[C@@]5(C)C[C@H](Br)C(=O)C(C)(C)[C@@H]5CC[C@]43C)[C@H]2C1. The second-order valence-corrected chi connectivity index (χ2v) is 16.1. The summed E-state index contributed by atoms with van der Waals surface area (Å²) in [6, 6.07) is 0. The number of ether oxygens (including phenoxy) is 1. The normalized spacial score (nSPS) is 51.8. The number of carbonyl (C=O) groups excluding carboxylic acids is 3. The molecule has 0 aromatic heterocycles. The van der Waals surface area contributed by atoms with E-state index in [1.54, 1.807) is 0 Å². The summed E-state index contributed by atoms with van der Waals surface area (Å²) in [6.07, 6.45) is 9.54. The maximum absolute atomic E-state index is 14.4. The highest BCUT2D eigenvalue weighted by Gasteiger charge is 2.71. The number of carbonyl (C=O) groups is 3. The number of halogens is 1. The smallest absolute Gasteiger partial charge is 0.311 e. The zero-order chi connectivity index (χ0) is 26.7. The van der Waals surface area contributed by atoms with E-state index in [-0.39, 0.29) is 61.8 Å². The third-order valence-electron chi connectivity index (χ3n) is 12.9. The summed E-state index contributed by atoms with van der Waals surface area (Å²) in [5.74, 6) is 0.764. The molecular formula is C31H45BrO4. The predicted octanol–water partition coefficient (Wildman–Crippen LogP) is 7.08. The molecule has 4 saturated carbocycles. The Kier molecular flexibility index (Phi) is 5.76. The summed E-state index contributed by atoms with van der Waals surface area (Å²) in [6.45, 7) is 15.8. The van der Waals surface area contributed by atoms with Crippen LogP contribution >= 0.6 is 15.9 Å². The van der Waals surface area contributed by atoms with Gasteiger partial charge in [-0.15, -0.1) is 0 Å². The molecule has 0 amide bonds. The maximum Gasteiger partial charge on any atom is 0.311 e. The van der Waals surface area contributed by atoms with Gasteiger partial charge in [-0.25, -0.2) is 0 Å². The Morgan fingerprint density at radius 3 is 2.22 bits per heavy atom. The summed E-state index contributed by atoms with van der Waals surface area (Å²) in [5.41, 5.74) is -0.00477. The standard InChI is InChI=1S/C31H45BrO4/c1-26(2)22-9-10-31(7)23(29(22,5)17-20(32)24(26)34)21(33)15-18-19-16-28(4,25(35)36-8)12-11-27(19,3)13-14-30(18,31)6/h15,19-20,22-23H,9-14,16-17H2,1-8H3/t19-,20+,22+,23-,27-,28+,29+,30-,31-/m1/s1. The molecule has 5 aliphatic rings. The fourth-order valence-corrected chi connectivity index (χ4v) is 11.8. The van der Waals surface area contributed by atoms with Crippen LogP contribution in [0.5, 0.6) is 0 Å². The van der Waals surface area contributed by atoms with Crippen molar-refractivity contribution in [1.29, 1.82) is 0 Å². The van der Waals surface area contributed by atoms with Crippen molar-refractivity contribution in [3.8, 4) is 0 Å². The van der Waals surface area contributed by atoms with Gasteiger partial charge in [0, 0.05) is 11.3 Å². The minimum Gasteiger partial charge on any atom is -0.469 e. The third-order valence-corrected chi connectivity index (χ3v) is 13.7. The van der Waals surface area contributed by atoms with Crippen LogP contribution < -0.4 is 0 Å². The van der Waals surface area contributed by atoms with E-state index in [0.29, 0.717) is 0 Å². The van der Waals surface area contributed by atoms with Crippen LogP contribution in [0, 0.1) is 50.2 Å². The summed E-state index contributed by atoms with van der Waals surface area (Å²) in [7, 11) is 1.49. The first kappa shape index (κ1) is 26.6. The molecule has 9 atom stereocenters.